The molecule has 0 saturated heterocycles. The van der Waals surface area contributed by atoms with Crippen LogP contribution < -0.4 is 11.1 Å². The summed E-state index contributed by atoms with van der Waals surface area (Å²) in [4.78, 5) is 15.8. The fourth-order valence-corrected chi connectivity index (χ4v) is 2.28. The monoisotopic (exact) mass is 301 g/mol. The summed E-state index contributed by atoms with van der Waals surface area (Å²) in [6.07, 6.45) is 0.515. The average molecular weight is 301 g/mol. The van der Waals surface area contributed by atoms with Crippen molar-refractivity contribution in [1.82, 2.24) is 4.98 Å². The molecule has 0 bridgehead atoms. The Labute approximate surface area is 116 Å². The van der Waals surface area contributed by atoms with Crippen LogP contribution in [0.3, 0.4) is 0 Å². The molecular weight excluding hydrogens is 291 g/mol. The highest BCUT2D eigenvalue weighted by Crippen LogP contribution is 2.20. The molecule has 2 aromatic rings. The molecule has 1 amide bonds. The van der Waals surface area contributed by atoms with E-state index in [1.165, 1.54) is 16.7 Å². The molecule has 0 aliphatic heterocycles. The molecule has 106 valence electrons. The fraction of sp³-hybridized carbons (Fsp3) is 0.167. The van der Waals surface area contributed by atoms with E-state index >= 15 is 0 Å². The summed E-state index contributed by atoms with van der Waals surface area (Å²) in [5, 5.41) is 4.20. The molecule has 3 N–H and O–H groups in total. The molecule has 2 rings (SSSR count). The Bertz CT molecular complexity index is 645. The molecule has 0 atom stereocenters. The highest BCUT2D eigenvalue weighted by molar-refractivity contribution is 7.09. The number of nitrogens with zero attached hydrogens (tertiary/aromatic N) is 1. The first kappa shape index (κ1) is 14.5. The van der Waals surface area contributed by atoms with Crippen molar-refractivity contribution in [1.29, 1.82) is 0 Å². The maximum atomic E-state index is 13.4. The molecule has 0 unspecified atom stereocenters. The number of rotatable bonds is 4. The predicted molar refractivity (Wildman–Crippen MR) is 69.1 cm³/mol. The zero-order chi connectivity index (χ0) is 14.7. The molecule has 4 nitrogen and oxygen atoms in total. The van der Waals surface area contributed by atoms with Crippen LogP contribution in [0.25, 0.3) is 0 Å². The van der Waals surface area contributed by atoms with Gasteiger partial charge in [-0.1, -0.05) is 0 Å². The van der Waals surface area contributed by atoms with Gasteiger partial charge < -0.3 is 11.1 Å². The van der Waals surface area contributed by atoms with Crippen molar-refractivity contribution in [2.75, 3.05) is 11.9 Å². The van der Waals surface area contributed by atoms with Crippen LogP contribution in [0.4, 0.5) is 18.9 Å². The average Bonchev–Trinajstić information content (AvgIpc) is 2.84. The molecule has 1 aromatic heterocycles. The third-order valence-corrected chi connectivity index (χ3v) is 3.29. The van der Waals surface area contributed by atoms with Gasteiger partial charge in [-0.25, -0.2) is 18.2 Å². The van der Waals surface area contributed by atoms with Gasteiger partial charge >= 0.3 is 0 Å². The minimum Gasteiger partial charge on any atom is -0.330 e. The van der Waals surface area contributed by atoms with Crippen LogP contribution in [-0.4, -0.2) is 17.4 Å². The minimum atomic E-state index is -1.37. The number of hydrogen-bond donors (Lipinski definition) is 2. The SMILES string of the molecule is NCCc1nc(C(=O)Nc2cc(F)cc(F)c2F)cs1. The lowest BCUT2D eigenvalue weighted by Gasteiger charge is -2.05. The second-order valence-electron chi connectivity index (χ2n) is 3.87. The van der Waals surface area contributed by atoms with Crippen molar-refractivity contribution in [3.05, 3.63) is 45.7 Å². The van der Waals surface area contributed by atoms with E-state index in [0.717, 1.165) is 0 Å². The Morgan fingerprint density at radius 1 is 1.35 bits per heavy atom. The molecule has 0 radical (unpaired) electrons. The van der Waals surface area contributed by atoms with Crippen molar-refractivity contribution < 1.29 is 18.0 Å². The summed E-state index contributed by atoms with van der Waals surface area (Å²) < 4.78 is 39.4. The van der Waals surface area contributed by atoms with Crippen molar-refractivity contribution in [3.63, 3.8) is 0 Å². The summed E-state index contributed by atoms with van der Waals surface area (Å²) in [7, 11) is 0. The lowest BCUT2D eigenvalue weighted by atomic mass is 10.2. The number of amides is 1. The Morgan fingerprint density at radius 2 is 2.10 bits per heavy atom. The predicted octanol–water partition coefficient (Wildman–Crippen LogP) is 2.31. The van der Waals surface area contributed by atoms with Crippen LogP contribution >= 0.6 is 11.3 Å². The molecule has 0 spiro atoms. The van der Waals surface area contributed by atoms with E-state index in [4.69, 9.17) is 5.73 Å². The number of carbonyl (C=O) groups excluding carboxylic acids is 1. The summed E-state index contributed by atoms with van der Waals surface area (Å²) >= 11 is 1.23. The third-order valence-electron chi connectivity index (χ3n) is 2.38. The number of thiazole rings is 1. The number of nitrogens with one attached hydrogen (secondary N) is 1. The van der Waals surface area contributed by atoms with E-state index in [0.29, 0.717) is 30.1 Å². The van der Waals surface area contributed by atoms with E-state index in [9.17, 15) is 18.0 Å². The quantitative estimate of drug-likeness (QED) is 0.852. The number of halogens is 3. The smallest absolute Gasteiger partial charge is 0.275 e. The maximum Gasteiger partial charge on any atom is 0.275 e. The fourth-order valence-electron chi connectivity index (χ4n) is 1.49. The first-order chi connectivity index (χ1) is 9.51. The van der Waals surface area contributed by atoms with Gasteiger partial charge in [-0.15, -0.1) is 11.3 Å². The van der Waals surface area contributed by atoms with E-state index in [1.54, 1.807) is 0 Å². The summed E-state index contributed by atoms with van der Waals surface area (Å²) in [5.74, 6) is -4.42. The third kappa shape index (κ3) is 3.14. The zero-order valence-electron chi connectivity index (χ0n) is 10.1. The normalized spacial score (nSPS) is 10.6. The molecular formula is C12H10F3N3OS. The Balaban J connectivity index is 2.18. The van der Waals surface area contributed by atoms with Gasteiger partial charge in [0.05, 0.1) is 10.7 Å². The maximum absolute atomic E-state index is 13.4. The second kappa shape index (κ2) is 6.02. The first-order valence-electron chi connectivity index (χ1n) is 5.61. The van der Waals surface area contributed by atoms with Gasteiger partial charge in [-0.05, 0) is 6.54 Å². The van der Waals surface area contributed by atoms with Crippen molar-refractivity contribution in [3.8, 4) is 0 Å². The zero-order valence-corrected chi connectivity index (χ0v) is 10.9. The lowest BCUT2D eigenvalue weighted by molar-refractivity contribution is 0.102. The van der Waals surface area contributed by atoms with Gasteiger partial charge in [0.25, 0.3) is 5.91 Å². The van der Waals surface area contributed by atoms with Crippen LogP contribution in [0.1, 0.15) is 15.5 Å². The van der Waals surface area contributed by atoms with Gasteiger partial charge in [-0.3, -0.25) is 4.79 Å². The highest BCUT2D eigenvalue weighted by atomic mass is 32.1. The molecule has 1 heterocycles. The van der Waals surface area contributed by atoms with Gasteiger partial charge in [0.1, 0.15) is 11.5 Å². The number of hydrogen-bond acceptors (Lipinski definition) is 4. The molecule has 1 aromatic carbocycles. The standard InChI is InChI=1S/C12H10F3N3OS/c13-6-3-7(14)11(15)8(4-6)18-12(19)9-5-20-10(17-9)1-2-16/h3-5H,1-2,16H2,(H,18,19). The van der Waals surface area contributed by atoms with Gasteiger partial charge in [0, 0.05) is 23.9 Å². The van der Waals surface area contributed by atoms with E-state index < -0.39 is 29.0 Å². The second-order valence-corrected chi connectivity index (χ2v) is 4.81. The van der Waals surface area contributed by atoms with Crippen LogP contribution in [0.5, 0.6) is 0 Å². The molecule has 8 heteroatoms. The van der Waals surface area contributed by atoms with Crippen molar-refractivity contribution >= 4 is 22.9 Å². The Hall–Kier alpha value is -1.93. The lowest BCUT2D eigenvalue weighted by Crippen LogP contribution is -2.14. The number of carbonyl (C=O) groups is 1. The van der Waals surface area contributed by atoms with Crippen LogP contribution in [0.15, 0.2) is 17.5 Å². The highest BCUT2D eigenvalue weighted by Gasteiger charge is 2.16. The van der Waals surface area contributed by atoms with Crippen LogP contribution in [0.2, 0.25) is 0 Å². The summed E-state index contributed by atoms with van der Waals surface area (Å²) in [6.45, 7) is 0.387. The van der Waals surface area contributed by atoms with E-state index in [-0.39, 0.29) is 5.69 Å². The molecule has 0 saturated carbocycles. The molecule has 0 aliphatic rings. The Morgan fingerprint density at radius 3 is 2.80 bits per heavy atom. The van der Waals surface area contributed by atoms with Crippen molar-refractivity contribution in [2.24, 2.45) is 5.73 Å². The molecule has 20 heavy (non-hydrogen) atoms. The van der Waals surface area contributed by atoms with Crippen molar-refractivity contribution in [2.45, 2.75) is 6.42 Å². The van der Waals surface area contributed by atoms with E-state index in [1.807, 2.05) is 0 Å². The number of aromatic nitrogens is 1. The topological polar surface area (TPSA) is 68.0 Å². The number of benzene rings is 1. The number of anilines is 1. The van der Waals surface area contributed by atoms with Gasteiger partial charge in [0.15, 0.2) is 11.6 Å². The van der Waals surface area contributed by atoms with Crippen LogP contribution in [0, 0.1) is 17.5 Å². The van der Waals surface area contributed by atoms with Crippen LogP contribution in [-0.2, 0) is 6.42 Å². The summed E-state index contributed by atoms with van der Waals surface area (Å²) in [6, 6.07) is 1.09. The largest absolute Gasteiger partial charge is 0.330 e. The van der Waals surface area contributed by atoms with Gasteiger partial charge in [-0.2, -0.15) is 0 Å². The first-order valence-corrected chi connectivity index (χ1v) is 6.49. The molecule has 0 fully saturated rings. The van der Waals surface area contributed by atoms with Gasteiger partial charge in [0.2, 0.25) is 0 Å². The minimum absolute atomic E-state index is 0.0440. The Kier molecular flexibility index (Phi) is 4.35. The number of nitrogens with two attached hydrogens (primary N) is 1. The summed E-state index contributed by atoms with van der Waals surface area (Å²) in [5.41, 5.74) is 4.83. The molecule has 0 aliphatic carbocycles. The van der Waals surface area contributed by atoms with E-state index in [2.05, 4.69) is 10.3 Å².